The van der Waals surface area contributed by atoms with Crippen LogP contribution in [0.25, 0.3) is 0 Å². The standard InChI is InChI=1S/C4H14O2Si2/c1-5-7-3-4-8-6-2/h3-4,7-8H2,1-2H3. The maximum absolute atomic E-state index is 4.99. The van der Waals surface area contributed by atoms with Crippen LogP contribution in [0.5, 0.6) is 0 Å². The lowest BCUT2D eigenvalue weighted by Crippen LogP contribution is -1.97. The monoisotopic (exact) mass is 150 g/mol. The van der Waals surface area contributed by atoms with Gasteiger partial charge in [0.05, 0.1) is 0 Å². The van der Waals surface area contributed by atoms with Gasteiger partial charge in [-0.3, -0.25) is 0 Å². The highest BCUT2D eigenvalue weighted by atomic mass is 28.2. The van der Waals surface area contributed by atoms with E-state index < -0.39 is 0 Å². The molecule has 4 heteroatoms. The summed E-state index contributed by atoms with van der Waals surface area (Å²) in [5.41, 5.74) is 0. The van der Waals surface area contributed by atoms with Gasteiger partial charge in [-0.1, -0.05) is 0 Å². The molecule has 0 aliphatic heterocycles. The molecule has 0 rings (SSSR count). The fourth-order valence-corrected chi connectivity index (χ4v) is 2.70. The minimum Gasteiger partial charge on any atom is -0.427 e. The molecule has 0 heterocycles. The lowest BCUT2D eigenvalue weighted by Gasteiger charge is -1.94. The van der Waals surface area contributed by atoms with E-state index in [1.165, 1.54) is 12.1 Å². The molecule has 0 aromatic rings. The molecule has 0 unspecified atom stereocenters. The zero-order valence-corrected chi connectivity index (χ0v) is 8.47. The van der Waals surface area contributed by atoms with Gasteiger partial charge in [0, 0.05) is 14.2 Å². The predicted octanol–water partition coefficient (Wildman–Crippen LogP) is -0.717. The van der Waals surface area contributed by atoms with E-state index in [0.29, 0.717) is 0 Å². The second-order valence-corrected chi connectivity index (χ2v) is 5.08. The average molecular weight is 150 g/mol. The van der Waals surface area contributed by atoms with Crippen LogP contribution >= 0.6 is 0 Å². The molecule has 0 aromatic heterocycles. The Morgan fingerprint density at radius 3 is 1.62 bits per heavy atom. The van der Waals surface area contributed by atoms with Crippen LogP contribution < -0.4 is 0 Å². The van der Waals surface area contributed by atoms with Crippen LogP contribution in [-0.2, 0) is 8.85 Å². The summed E-state index contributed by atoms with van der Waals surface area (Å²) in [5, 5.41) is 0. The highest BCUT2D eigenvalue weighted by molar-refractivity contribution is 6.34. The van der Waals surface area contributed by atoms with Crippen molar-refractivity contribution in [3.05, 3.63) is 0 Å². The second kappa shape index (κ2) is 7.35. The van der Waals surface area contributed by atoms with Crippen molar-refractivity contribution in [2.24, 2.45) is 0 Å². The maximum Gasteiger partial charge on any atom is 0.160 e. The van der Waals surface area contributed by atoms with Crippen molar-refractivity contribution in [2.45, 2.75) is 12.1 Å². The fourth-order valence-electron chi connectivity index (χ4n) is 0.493. The third kappa shape index (κ3) is 6.35. The van der Waals surface area contributed by atoms with Crippen molar-refractivity contribution in [1.29, 1.82) is 0 Å². The Morgan fingerprint density at radius 2 is 1.38 bits per heavy atom. The number of rotatable bonds is 5. The van der Waals surface area contributed by atoms with Crippen molar-refractivity contribution < 1.29 is 8.85 Å². The smallest absolute Gasteiger partial charge is 0.160 e. The fraction of sp³-hybridized carbons (Fsp3) is 1.00. The topological polar surface area (TPSA) is 18.5 Å². The molecule has 0 saturated carbocycles. The summed E-state index contributed by atoms with van der Waals surface area (Å²) < 4.78 is 9.99. The first-order valence-corrected chi connectivity index (χ1v) is 6.05. The Morgan fingerprint density at radius 1 is 1.00 bits per heavy atom. The van der Waals surface area contributed by atoms with E-state index in [9.17, 15) is 0 Å². The summed E-state index contributed by atoms with van der Waals surface area (Å²) in [6, 6.07) is 2.60. The van der Waals surface area contributed by atoms with E-state index in [1.807, 2.05) is 0 Å². The zero-order valence-electron chi connectivity index (χ0n) is 5.64. The van der Waals surface area contributed by atoms with Crippen LogP contribution in [-0.4, -0.2) is 33.7 Å². The van der Waals surface area contributed by atoms with Crippen LogP contribution in [0.4, 0.5) is 0 Å². The molecule has 50 valence electrons. The molecule has 0 bridgehead atoms. The quantitative estimate of drug-likeness (QED) is 0.380. The number of hydrogen-bond donors (Lipinski definition) is 0. The first-order valence-electron chi connectivity index (χ1n) is 2.89. The highest BCUT2D eigenvalue weighted by Crippen LogP contribution is 1.86. The van der Waals surface area contributed by atoms with E-state index in [0.717, 1.165) is 0 Å². The molecule has 0 aliphatic rings. The van der Waals surface area contributed by atoms with Crippen LogP contribution in [0.2, 0.25) is 12.1 Å². The maximum atomic E-state index is 4.99. The second-order valence-electron chi connectivity index (χ2n) is 1.69. The Labute approximate surface area is 55.5 Å². The Hall–Kier alpha value is 0.354. The molecule has 0 spiro atoms. The molecular formula is C4H14O2Si2. The van der Waals surface area contributed by atoms with Crippen LogP contribution in [0.1, 0.15) is 0 Å². The average Bonchev–Trinajstić information content (AvgIpc) is 1.81. The van der Waals surface area contributed by atoms with Gasteiger partial charge in [-0.25, -0.2) is 0 Å². The van der Waals surface area contributed by atoms with Gasteiger partial charge in [0.15, 0.2) is 19.5 Å². The lowest BCUT2D eigenvalue weighted by molar-refractivity contribution is 0.433. The lowest BCUT2D eigenvalue weighted by atomic mass is 11.0. The van der Waals surface area contributed by atoms with Gasteiger partial charge in [-0.2, -0.15) is 0 Å². The summed E-state index contributed by atoms with van der Waals surface area (Å²) in [5.74, 6) is 0. The van der Waals surface area contributed by atoms with E-state index >= 15 is 0 Å². The van der Waals surface area contributed by atoms with Gasteiger partial charge >= 0.3 is 0 Å². The Balaban J connectivity index is 2.53. The van der Waals surface area contributed by atoms with Crippen molar-refractivity contribution in [3.8, 4) is 0 Å². The van der Waals surface area contributed by atoms with Gasteiger partial charge in [-0.15, -0.1) is 0 Å². The van der Waals surface area contributed by atoms with Gasteiger partial charge < -0.3 is 8.85 Å². The third-order valence-corrected chi connectivity index (χ3v) is 4.34. The van der Waals surface area contributed by atoms with Gasteiger partial charge in [-0.05, 0) is 12.1 Å². The largest absolute Gasteiger partial charge is 0.427 e. The number of hydrogen-bond acceptors (Lipinski definition) is 2. The minimum absolute atomic E-state index is 0.144. The SMILES string of the molecule is CO[SiH2]CC[SiH2]OC. The molecule has 0 aliphatic carbocycles. The third-order valence-electron chi connectivity index (χ3n) is 0.947. The molecular weight excluding hydrogens is 136 g/mol. The Kier molecular flexibility index (Phi) is 7.68. The molecule has 0 atom stereocenters. The van der Waals surface area contributed by atoms with Gasteiger partial charge in [0.2, 0.25) is 0 Å². The van der Waals surface area contributed by atoms with Crippen molar-refractivity contribution in [3.63, 3.8) is 0 Å². The summed E-state index contributed by atoms with van der Waals surface area (Å²) in [4.78, 5) is 0. The van der Waals surface area contributed by atoms with Crippen LogP contribution in [0.15, 0.2) is 0 Å². The van der Waals surface area contributed by atoms with E-state index in [2.05, 4.69) is 0 Å². The Bertz CT molecular complexity index is 37.0. The van der Waals surface area contributed by atoms with Gasteiger partial charge in [0.1, 0.15) is 0 Å². The van der Waals surface area contributed by atoms with E-state index in [4.69, 9.17) is 8.85 Å². The van der Waals surface area contributed by atoms with Crippen LogP contribution in [0, 0.1) is 0 Å². The highest BCUT2D eigenvalue weighted by Gasteiger charge is 1.86. The summed E-state index contributed by atoms with van der Waals surface area (Å²) >= 11 is 0. The first kappa shape index (κ1) is 8.35. The summed E-state index contributed by atoms with van der Waals surface area (Å²) in [6.45, 7) is 0. The summed E-state index contributed by atoms with van der Waals surface area (Å²) in [7, 11) is 3.30. The molecule has 0 aromatic carbocycles. The van der Waals surface area contributed by atoms with E-state index in [1.54, 1.807) is 14.2 Å². The van der Waals surface area contributed by atoms with Gasteiger partial charge in [0.25, 0.3) is 0 Å². The molecule has 8 heavy (non-hydrogen) atoms. The molecule has 0 saturated heterocycles. The predicted molar refractivity (Wildman–Crippen MR) is 40.7 cm³/mol. The van der Waals surface area contributed by atoms with E-state index in [-0.39, 0.29) is 19.5 Å². The molecule has 0 radical (unpaired) electrons. The normalized spacial score (nSPS) is 12.8. The van der Waals surface area contributed by atoms with Crippen LogP contribution in [0.3, 0.4) is 0 Å². The van der Waals surface area contributed by atoms with Crippen molar-refractivity contribution >= 4 is 19.5 Å². The van der Waals surface area contributed by atoms with Crippen molar-refractivity contribution in [2.75, 3.05) is 14.2 Å². The first-order chi connectivity index (χ1) is 3.91. The zero-order chi connectivity index (χ0) is 6.24. The molecule has 0 fully saturated rings. The molecule has 2 nitrogen and oxygen atoms in total. The molecule has 0 N–H and O–H groups in total. The van der Waals surface area contributed by atoms with Crippen molar-refractivity contribution in [1.82, 2.24) is 0 Å². The molecule has 0 amide bonds. The minimum atomic E-state index is -0.144. The summed E-state index contributed by atoms with van der Waals surface area (Å²) in [6.07, 6.45) is 0.